The molecule has 0 saturated carbocycles. The number of rotatable bonds is 2. The highest BCUT2D eigenvalue weighted by Gasteiger charge is 2.26. The van der Waals surface area contributed by atoms with E-state index < -0.39 is 0 Å². The molecule has 5 nitrogen and oxygen atoms in total. The lowest BCUT2D eigenvalue weighted by Crippen LogP contribution is -2.44. The second-order valence-electron chi connectivity index (χ2n) is 3.85. The van der Waals surface area contributed by atoms with Crippen LogP contribution in [0, 0.1) is 0 Å². The summed E-state index contributed by atoms with van der Waals surface area (Å²) >= 11 is 1.62. The number of hydrogen-bond donors (Lipinski definition) is 2. The minimum absolute atomic E-state index is 0.0245. The van der Waals surface area contributed by atoms with E-state index in [-0.39, 0.29) is 12.1 Å². The van der Waals surface area contributed by atoms with E-state index in [4.69, 9.17) is 0 Å². The number of likely N-dealkylation sites (N-methyl/N-ethyl adjacent to an activating group) is 1. The lowest BCUT2D eigenvalue weighted by molar-refractivity contribution is 0.0903. The maximum atomic E-state index is 11.7. The molecular weight excluding hydrogens is 236 g/mol. The highest BCUT2D eigenvalue weighted by Crippen LogP contribution is 2.26. The maximum Gasteiger partial charge on any atom is 0.269 e. The van der Waals surface area contributed by atoms with Gasteiger partial charge in [-0.3, -0.25) is 10.1 Å². The van der Waals surface area contributed by atoms with Gasteiger partial charge in [0, 0.05) is 0 Å². The van der Waals surface area contributed by atoms with E-state index in [1.807, 2.05) is 30.6 Å². The van der Waals surface area contributed by atoms with Crippen molar-refractivity contribution in [3.63, 3.8) is 0 Å². The van der Waals surface area contributed by atoms with E-state index in [0.29, 0.717) is 12.2 Å². The van der Waals surface area contributed by atoms with E-state index in [0.717, 1.165) is 10.6 Å². The number of thiophene rings is 1. The molecule has 2 N–H and O–H groups in total. The normalized spacial score (nSPS) is 18.9. The third kappa shape index (κ3) is 1.65. The maximum absolute atomic E-state index is 11.7. The second-order valence-corrected chi connectivity index (χ2v) is 4.80. The number of fused-ring (bicyclic) bond motifs is 1. The van der Waals surface area contributed by atoms with Crippen molar-refractivity contribution >= 4 is 17.2 Å². The minimum Gasteiger partial charge on any atom is -0.347 e. The molecule has 3 rings (SSSR count). The van der Waals surface area contributed by atoms with Crippen molar-refractivity contribution < 1.29 is 4.79 Å². The quantitative estimate of drug-likeness (QED) is 0.836. The van der Waals surface area contributed by atoms with Gasteiger partial charge in [-0.1, -0.05) is 6.07 Å². The zero-order chi connectivity index (χ0) is 11.8. The van der Waals surface area contributed by atoms with Crippen molar-refractivity contribution in [1.29, 1.82) is 0 Å². The number of aromatic nitrogens is 2. The molecule has 1 aliphatic heterocycles. The molecule has 0 aliphatic carbocycles. The molecule has 0 aromatic carbocycles. The summed E-state index contributed by atoms with van der Waals surface area (Å²) in [5.41, 5.74) is 1.46. The first-order chi connectivity index (χ1) is 8.29. The van der Waals surface area contributed by atoms with Gasteiger partial charge < -0.3 is 5.32 Å². The Labute approximate surface area is 102 Å². The molecule has 17 heavy (non-hydrogen) atoms. The molecule has 0 radical (unpaired) electrons. The molecule has 3 heterocycles. The molecule has 1 amide bonds. The van der Waals surface area contributed by atoms with Gasteiger partial charge in [0.05, 0.1) is 11.4 Å². The van der Waals surface area contributed by atoms with Crippen molar-refractivity contribution in [2.45, 2.75) is 6.17 Å². The van der Waals surface area contributed by atoms with Crippen molar-refractivity contribution in [2.24, 2.45) is 0 Å². The Kier molecular flexibility index (Phi) is 2.45. The second kappa shape index (κ2) is 3.97. The molecule has 6 heteroatoms. The predicted molar refractivity (Wildman–Crippen MR) is 66.0 cm³/mol. The summed E-state index contributed by atoms with van der Waals surface area (Å²) in [6.07, 6.45) is 0.0245. The van der Waals surface area contributed by atoms with Crippen molar-refractivity contribution in [3.8, 4) is 10.6 Å². The summed E-state index contributed by atoms with van der Waals surface area (Å²) in [4.78, 5) is 12.8. The standard InChI is InChI=1S/C11H12N4OS/c1-12-10-6-13-11(16)8-5-7(14-15(8)10)9-3-2-4-17-9/h2-5,10,12H,6H2,1H3,(H,13,16)/t10-/m0/s1. The molecule has 2 aromatic rings. The molecule has 0 saturated heterocycles. The first-order valence-electron chi connectivity index (χ1n) is 5.38. The zero-order valence-corrected chi connectivity index (χ0v) is 10.1. The summed E-state index contributed by atoms with van der Waals surface area (Å²) in [7, 11) is 1.86. The van der Waals surface area contributed by atoms with E-state index in [9.17, 15) is 4.79 Å². The van der Waals surface area contributed by atoms with Gasteiger partial charge in [0.15, 0.2) is 0 Å². The molecule has 88 valence electrons. The van der Waals surface area contributed by atoms with Crippen LogP contribution >= 0.6 is 11.3 Å². The van der Waals surface area contributed by atoms with E-state index in [1.54, 1.807) is 16.0 Å². The topological polar surface area (TPSA) is 58.9 Å². The molecule has 1 atom stereocenters. The van der Waals surface area contributed by atoms with Gasteiger partial charge in [0.1, 0.15) is 17.6 Å². The highest BCUT2D eigenvalue weighted by atomic mass is 32.1. The number of amides is 1. The number of carbonyl (C=O) groups is 1. The van der Waals surface area contributed by atoms with Crippen LogP contribution in [-0.2, 0) is 0 Å². The van der Waals surface area contributed by atoms with Crippen LogP contribution in [0.3, 0.4) is 0 Å². The van der Waals surface area contributed by atoms with Gasteiger partial charge in [-0.25, -0.2) is 4.68 Å². The van der Waals surface area contributed by atoms with E-state index in [2.05, 4.69) is 15.7 Å². The SMILES string of the molecule is CN[C@@H]1CNC(=O)c2cc(-c3cccs3)nn21. The van der Waals surface area contributed by atoms with Gasteiger partial charge in [-0.2, -0.15) is 5.10 Å². The largest absolute Gasteiger partial charge is 0.347 e. The Balaban J connectivity index is 2.09. The molecular formula is C11H12N4OS. The summed E-state index contributed by atoms with van der Waals surface area (Å²) < 4.78 is 1.76. The average molecular weight is 248 g/mol. The van der Waals surface area contributed by atoms with Gasteiger partial charge in [0.2, 0.25) is 0 Å². The number of nitrogens with one attached hydrogen (secondary N) is 2. The Morgan fingerprint density at radius 2 is 2.53 bits per heavy atom. The molecule has 0 fully saturated rings. The smallest absolute Gasteiger partial charge is 0.269 e. The summed E-state index contributed by atoms with van der Waals surface area (Å²) in [5, 5.41) is 12.5. The van der Waals surface area contributed by atoms with E-state index in [1.165, 1.54) is 0 Å². The van der Waals surface area contributed by atoms with Crippen molar-refractivity contribution in [3.05, 3.63) is 29.3 Å². The highest BCUT2D eigenvalue weighted by molar-refractivity contribution is 7.13. The van der Waals surface area contributed by atoms with Crippen LogP contribution in [0.1, 0.15) is 16.7 Å². The molecule has 2 aromatic heterocycles. The van der Waals surface area contributed by atoms with Crippen LogP contribution in [0.4, 0.5) is 0 Å². The fourth-order valence-electron chi connectivity index (χ4n) is 1.94. The van der Waals surface area contributed by atoms with Gasteiger partial charge in [-0.15, -0.1) is 11.3 Å². The Morgan fingerprint density at radius 3 is 3.24 bits per heavy atom. The number of nitrogens with zero attached hydrogens (tertiary/aromatic N) is 2. The Morgan fingerprint density at radius 1 is 1.65 bits per heavy atom. The third-order valence-electron chi connectivity index (χ3n) is 2.83. The summed E-state index contributed by atoms with van der Waals surface area (Å²) in [6, 6.07) is 5.82. The van der Waals surface area contributed by atoms with Crippen LogP contribution in [0.2, 0.25) is 0 Å². The average Bonchev–Trinajstić information content (AvgIpc) is 2.98. The van der Waals surface area contributed by atoms with Gasteiger partial charge >= 0.3 is 0 Å². The van der Waals surface area contributed by atoms with Gasteiger partial charge in [0.25, 0.3) is 5.91 Å². The first kappa shape index (κ1) is 10.5. The van der Waals surface area contributed by atoms with Gasteiger partial charge in [-0.05, 0) is 24.6 Å². The van der Waals surface area contributed by atoms with Crippen LogP contribution in [-0.4, -0.2) is 29.3 Å². The molecule has 1 aliphatic rings. The fraction of sp³-hybridized carbons (Fsp3) is 0.273. The molecule has 0 unspecified atom stereocenters. The van der Waals surface area contributed by atoms with Crippen molar-refractivity contribution in [2.75, 3.05) is 13.6 Å². The monoisotopic (exact) mass is 248 g/mol. The van der Waals surface area contributed by atoms with Crippen LogP contribution in [0.5, 0.6) is 0 Å². The molecule has 0 bridgehead atoms. The first-order valence-corrected chi connectivity index (χ1v) is 6.26. The van der Waals surface area contributed by atoms with Crippen molar-refractivity contribution in [1.82, 2.24) is 20.4 Å². The Bertz CT molecular complexity index is 546. The number of hydrogen-bond acceptors (Lipinski definition) is 4. The minimum atomic E-state index is -0.0631. The summed E-state index contributed by atoms with van der Waals surface area (Å²) in [6.45, 7) is 0.563. The zero-order valence-electron chi connectivity index (χ0n) is 9.30. The number of carbonyl (C=O) groups excluding carboxylic acids is 1. The van der Waals surface area contributed by atoms with Crippen LogP contribution in [0.15, 0.2) is 23.6 Å². The van der Waals surface area contributed by atoms with Crippen LogP contribution in [0.25, 0.3) is 10.6 Å². The lowest BCUT2D eigenvalue weighted by atomic mass is 10.2. The van der Waals surface area contributed by atoms with Crippen LogP contribution < -0.4 is 10.6 Å². The third-order valence-corrected chi connectivity index (χ3v) is 3.72. The molecule has 0 spiro atoms. The predicted octanol–water partition coefficient (Wildman–Crippen LogP) is 1.07. The lowest BCUT2D eigenvalue weighted by Gasteiger charge is -2.23. The fourth-order valence-corrected chi connectivity index (χ4v) is 2.62. The Hall–Kier alpha value is -1.66. The summed E-state index contributed by atoms with van der Waals surface area (Å²) in [5.74, 6) is -0.0631. The van der Waals surface area contributed by atoms with E-state index >= 15 is 0 Å².